The number of benzene rings is 2. The molecular formula is C26H23FN4O4. The van der Waals surface area contributed by atoms with Gasteiger partial charge in [0.2, 0.25) is 0 Å². The standard InChI is InChI=1S/C26H23FN4O4/c1-2-35-26(34)29-14-18-5-8-23-21(13-18)22(16-31(23)15-17-3-6-19(27)7-4-17)24(32)25(33)30-20-9-11-28-12-10-20/h3-13,16H,2,14-15H2,1H3,(H,29,34)(H,28,30,33). The predicted octanol–water partition coefficient (Wildman–Crippen LogP) is 4.29. The molecule has 0 bridgehead atoms. The van der Waals surface area contributed by atoms with E-state index in [1.165, 1.54) is 24.5 Å². The van der Waals surface area contributed by atoms with Gasteiger partial charge >= 0.3 is 6.09 Å². The Morgan fingerprint density at radius 1 is 1.00 bits per heavy atom. The summed E-state index contributed by atoms with van der Waals surface area (Å²) in [6.07, 6.45) is 4.09. The van der Waals surface area contributed by atoms with Gasteiger partial charge in [-0.15, -0.1) is 0 Å². The fraction of sp³-hybridized carbons (Fsp3) is 0.154. The van der Waals surface area contributed by atoms with Crippen LogP contribution in [-0.2, 0) is 22.6 Å². The van der Waals surface area contributed by atoms with E-state index >= 15 is 0 Å². The van der Waals surface area contributed by atoms with Crippen molar-refractivity contribution in [3.8, 4) is 0 Å². The van der Waals surface area contributed by atoms with E-state index in [0.717, 1.165) is 11.1 Å². The topological polar surface area (TPSA) is 102 Å². The Bertz CT molecular complexity index is 1370. The smallest absolute Gasteiger partial charge is 0.407 e. The molecule has 4 aromatic rings. The number of anilines is 1. The summed E-state index contributed by atoms with van der Waals surface area (Å²) in [5.41, 5.74) is 2.94. The summed E-state index contributed by atoms with van der Waals surface area (Å²) in [6.45, 7) is 2.53. The molecule has 0 radical (unpaired) electrons. The summed E-state index contributed by atoms with van der Waals surface area (Å²) < 4.78 is 20.1. The Balaban J connectivity index is 1.67. The number of rotatable bonds is 8. The number of halogens is 1. The van der Waals surface area contributed by atoms with E-state index in [2.05, 4.69) is 15.6 Å². The largest absolute Gasteiger partial charge is 0.450 e. The van der Waals surface area contributed by atoms with Crippen LogP contribution in [0.25, 0.3) is 10.9 Å². The van der Waals surface area contributed by atoms with Crippen LogP contribution in [-0.4, -0.2) is 33.9 Å². The number of amides is 2. The lowest BCUT2D eigenvalue weighted by molar-refractivity contribution is -0.112. The van der Waals surface area contributed by atoms with Gasteiger partial charge in [-0.1, -0.05) is 18.2 Å². The third-order valence-electron chi connectivity index (χ3n) is 5.31. The number of hydrogen-bond acceptors (Lipinski definition) is 5. The van der Waals surface area contributed by atoms with E-state index < -0.39 is 17.8 Å². The lowest BCUT2D eigenvalue weighted by atomic mass is 10.1. The zero-order valence-corrected chi connectivity index (χ0v) is 19.0. The van der Waals surface area contributed by atoms with Gasteiger partial charge in [0.15, 0.2) is 0 Å². The van der Waals surface area contributed by atoms with Gasteiger partial charge in [0.25, 0.3) is 11.7 Å². The van der Waals surface area contributed by atoms with Gasteiger partial charge in [-0.25, -0.2) is 9.18 Å². The summed E-state index contributed by atoms with van der Waals surface area (Å²) in [4.78, 5) is 41.5. The molecule has 0 unspecified atom stereocenters. The number of ketones is 1. The summed E-state index contributed by atoms with van der Waals surface area (Å²) in [5.74, 6) is -1.83. The average Bonchev–Trinajstić information content (AvgIpc) is 3.22. The molecule has 0 aliphatic carbocycles. The van der Waals surface area contributed by atoms with Crippen LogP contribution in [0, 0.1) is 5.82 Å². The first-order chi connectivity index (χ1) is 16.9. The van der Waals surface area contributed by atoms with Crippen molar-refractivity contribution in [3.05, 3.63) is 95.7 Å². The van der Waals surface area contributed by atoms with Gasteiger partial charge in [-0.2, -0.15) is 0 Å². The Kier molecular flexibility index (Phi) is 7.15. The van der Waals surface area contributed by atoms with E-state index in [0.29, 0.717) is 23.1 Å². The van der Waals surface area contributed by atoms with Crippen molar-refractivity contribution >= 4 is 34.4 Å². The van der Waals surface area contributed by atoms with E-state index in [1.54, 1.807) is 43.5 Å². The number of hydrogen-bond donors (Lipinski definition) is 2. The Morgan fingerprint density at radius 3 is 2.43 bits per heavy atom. The van der Waals surface area contributed by atoms with Crippen LogP contribution in [0.1, 0.15) is 28.4 Å². The number of carbonyl (C=O) groups is 3. The van der Waals surface area contributed by atoms with Crippen LogP contribution in [0.4, 0.5) is 14.9 Å². The normalized spacial score (nSPS) is 10.7. The first-order valence-electron chi connectivity index (χ1n) is 11.0. The highest BCUT2D eigenvalue weighted by atomic mass is 19.1. The van der Waals surface area contributed by atoms with Crippen LogP contribution in [0.2, 0.25) is 0 Å². The van der Waals surface area contributed by atoms with Gasteiger partial charge in [-0.3, -0.25) is 14.6 Å². The van der Waals surface area contributed by atoms with Crippen molar-refractivity contribution in [3.63, 3.8) is 0 Å². The van der Waals surface area contributed by atoms with Gasteiger partial charge in [-0.05, 0) is 54.4 Å². The molecule has 9 heteroatoms. The number of alkyl carbamates (subject to hydrolysis) is 1. The molecule has 2 aromatic carbocycles. The Labute approximate surface area is 200 Å². The van der Waals surface area contributed by atoms with Crippen LogP contribution < -0.4 is 10.6 Å². The number of Topliss-reactive ketones (excluding diaryl/α,β-unsaturated/α-hetero) is 1. The maximum atomic E-state index is 13.3. The van der Waals surface area contributed by atoms with Crippen molar-refractivity contribution in [1.29, 1.82) is 0 Å². The van der Waals surface area contributed by atoms with E-state index in [1.807, 2.05) is 16.7 Å². The zero-order chi connectivity index (χ0) is 24.8. The molecule has 2 aromatic heterocycles. The molecule has 2 amide bonds. The van der Waals surface area contributed by atoms with Crippen molar-refractivity contribution in [2.75, 3.05) is 11.9 Å². The molecule has 0 fully saturated rings. The quantitative estimate of drug-likeness (QED) is 0.293. The molecule has 0 atom stereocenters. The molecule has 0 saturated heterocycles. The first-order valence-corrected chi connectivity index (χ1v) is 11.0. The van der Waals surface area contributed by atoms with Crippen molar-refractivity contribution in [1.82, 2.24) is 14.9 Å². The Morgan fingerprint density at radius 2 is 1.71 bits per heavy atom. The summed E-state index contributed by atoms with van der Waals surface area (Å²) in [5, 5.41) is 5.79. The van der Waals surface area contributed by atoms with Gasteiger partial charge in [0.05, 0.1) is 12.2 Å². The number of pyridine rings is 1. The third kappa shape index (κ3) is 5.70. The highest BCUT2D eigenvalue weighted by Crippen LogP contribution is 2.25. The highest BCUT2D eigenvalue weighted by Gasteiger charge is 2.22. The lowest BCUT2D eigenvalue weighted by Crippen LogP contribution is -2.23. The second kappa shape index (κ2) is 10.6. The second-order valence-electron chi connectivity index (χ2n) is 7.74. The highest BCUT2D eigenvalue weighted by molar-refractivity contribution is 6.48. The molecule has 35 heavy (non-hydrogen) atoms. The van der Waals surface area contributed by atoms with E-state index in [-0.39, 0.29) is 24.5 Å². The molecule has 178 valence electrons. The van der Waals surface area contributed by atoms with Crippen LogP contribution in [0.5, 0.6) is 0 Å². The minimum atomic E-state index is -0.785. The fourth-order valence-corrected chi connectivity index (χ4v) is 3.65. The summed E-state index contributed by atoms with van der Waals surface area (Å²) in [7, 11) is 0. The van der Waals surface area contributed by atoms with Gasteiger partial charge < -0.3 is 19.9 Å². The number of aromatic nitrogens is 2. The van der Waals surface area contributed by atoms with Crippen LogP contribution in [0.15, 0.2) is 73.2 Å². The zero-order valence-electron chi connectivity index (χ0n) is 19.0. The molecular weight excluding hydrogens is 451 g/mol. The van der Waals surface area contributed by atoms with Gasteiger partial charge in [0.1, 0.15) is 5.82 Å². The second-order valence-corrected chi connectivity index (χ2v) is 7.74. The van der Waals surface area contributed by atoms with E-state index in [9.17, 15) is 18.8 Å². The molecule has 0 saturated carbocycles. The number of ether oxygens (including phenoxy) is 1. The van der Waals surface area contributed by atoms with Crippen molar-refractivity contribution in [2.24, 2.45) is 0 Å². The number of carbonyl (C=O) groups excluding carboxylic acids is 3. The van der Waals surface area contributed by atoms with Crippen LogP contribution in [0.3, 0.4) is 0 Å². The van der Waals surface area contributed by atoms with Gasteiger partial charge in [0, 0.05) is 48.3 Å². The summed E-state index contributed by atoms with van der Waals surface area (Å²) in [6, 6.07) is 14.6. The third-order valence-corrected chi connectivity index (χ3v) is 5.31. The predicted molar refractivity (Wildman–Crippen MR) is 128 cm³/mol. The minimum Gasteiger partial charge on any atom is -0.450 e. The minimum absolute atomic E-state index is 0.189. The fourth-order valence-electron chi connectivity index (χ4n) is 3.65. The maximum Gasteiger partial charge on any atom is 0.407 e. The van der Waals surface area contributed by atoms with Crippen molar-refractivity contribution < 1.29 is 23.5 Å². The molecule has 0 aliphatic heterocycles. The molecule has 0 spiro atoms. The van der Waals surface area contributed by atoms with E-state index in [4.69, 9.17) is 4.74 Å². The maximum absolute atomic E-state index is 13.3. The number of nitrogens with zero attached hydrogens (tertiary/aromatic N) is 2. The SMILES string of the molecule is CCOC(=O)NCc1ccc2c(c1)c(C(=O)C(=O)Nc1ccncc1)cn2Cc1ccc(F)cc1. The molecule has 4 rings (SSSR count). The van der Waals surface area contributed by atoms with Crippen LogP contribution >= 0.6 is 0 Å². The lowest BCUT2D eigenvalue weighted by Gasteiger charge is -2.08. The summed E-state index contributed by atoms with van der Waals surface area (Å²) >= 11 is 0. The molecule has 8 nitrogen and oxygen atoms in total. The monoisotopic (exact) mass is 474 g/mol. The number of nitrogens with one attached hydrogen (secondary N) is 2. The molecule has 2 heterocycles. The first kappa shape index (κ1) is 23.6. The Hall–Kier alpha value is -4.53. The molecule has 2 N–H and O–H groups in total. The molecule has 0 aliphatic rings. The average molecular weight is 474 g/mol. The number of fused-ring (bicyclic) bond motifs is 1. The van der Waals surface area contributed by atoms with Crippen molar-refractivity contribution in [2.45, 2.75) is 20.0 Å².